The number of anilines is 1. The zero-order valence-electron chi connectivity index (χ0n) is 17.0. The molecule has 1 aliphatic heterocycles. The van der Waals surface area contributed by atoms with Gasteiger partial charge in [-0.2, -0.15) is 9.29 Å². The Kier molecular flexibility index (Phi) is 6.15. The van der Waals surface area contributed by atoms with Crippen molar-refractivity contribution in [2.75, 3.05) is 18.4 Å². The number of hydrogen-bond acceptors (Lipinski definition) is 6. The van der Waals surface area contributed by atoms with Crippen LogP contribution in [0.3, 0.4) is 0 Å². The summed E-state index contributed by atoms with van der Waals surface area (Å²) in [6, 6.07) is 14.7. The third-order valence-electron chi connectivity index (χ3n) is 5.35. The Morgan fingerprint density at radius 3 is 2.40 bits per heavy atom. The number of rotatable bonds is 6. The Labute approximate surface area is 177 Å². The Morgan fingerprint density at radius 2 is 1.70 bits per heavy atom. The SMILES string of the molecule is Cc1ccccc1-c1noc(CNc2ccc(S(=O)(=O)N3CCCCCC3)cc2)n1. The molecule has 30 heavy (non-hydrogen) atoms. The van der Waals surface area contributed by atoms with E-state index < -0.39 is 10.0 Å². The zero-order valence-corrected chi connectivity index (χ0v) is 17.9. The highest BCUT2D eigenvalue weighted by atomic mass is 32.2. The molecule has 2 heterocycles. The number of aromatic nitrogens is 2. The minimum atomic E-state index is -3.44. The van der Waals surface area contributed by atoms with Gasteiger partial charge in [0.25, 0.3) is 0 Å². The fraction of sp³-hybridized carbons (Fsp3) is 0.364. The van der Waals surface area contributed by atoms with E-state index in [0.29, 0.717) is 36.2 Å². The average molecular weight is 427 g/mol. The van der Waals surface area contributed by atoms with E-state index in [0.717, 1.165) is 42.5 Å². The van der Waals surface area contributed by atoms with E-state index in [1.54, 1.807) is 28.6 Å². The van der Waals surface area contributed by atoms with Gasteiger partial charge < -0.3 is 9.84 Å². The third kappa shape index (κ3) is 4.55. The van der Waals surface area contributed by atoms with Crippen molar-refractivity contribution in [3.05, 3.63) is 60.0 Å². The van der Waals surface area contributed by atoms with Gasteiger partial charge in [-0.25, -0.2) is 8.42 Å². The van der Waals surface area contributed by atoms with Crippen molar-refractivity contribution in [1.29, 1.82) is 0 Å². The molecule has 1 saturated heterocycles. The van der Waals surface area contributed by atoms with Crippen molar-refractivity contribution in [3.8, 4) is 11.4 Å². The monoisotopic (exact) mass is 426 g/mol. The van der Waals surface area contributed by atoms with Crippen molar-refractivity contribution < 1.29 is 12.9 Å². The lowest BCUT2D eigenvalue weighted by atomic mass is 10.1. The highest BCUT2D eigenvalue weighted by Gasteiger charge is 2.24. The molecule has 0 saturated carbocycles. The second-order valence-corrected chi connectivity index (χ2v) is 9.46. The molecule has 0 radical (unpaired) electrons. The van der Waals surface area contributed by atoms with Crippen molar-refractivity contribution >= 4 is 15.7 Å². The fourth-order valence-corrected chi connectivity index (χ4v) is 5.13. The van der Waals surface area contributed by atoms with Crippen molar-refractivity contribution in [1.82, 2.24) is 14.4 Å². The van der Waals surface area contributed by atoms with E-state index in [1.165, 1.54) is 0 Å². The summed E-state index contributed by atoms with van der Waals surface area (Å²) in [7, 11) is -3.44. The van der Waals surface area contributed by atoms with Crippen LogP contribution in [0.2, 0.25) is 0 Å². The van der Waals surface area contributed by atoms with Gasteiger partial charge in [-0.1, -0.05) is 42.3 Å². The number of hydrogen-bond donors (Lipinski definition) is 1. The molecule has 8 heteroatoms. The Balaban J connectivity index is 1.40. The number of sulfonamides is 1. The molecule has 0 aliphatic carbocycles. The second-order valence-electron chi connectivity index (χ2n) is 7.52. The topological polar surface area (TPSA) is 88.3 Å². The maximum Gasteiger partial charge on any atom is 0.246 e. The summed E-state index contributed by atoms with van der Waals surface area (Å²) in [5, 5.41) is 7.26. The normalized spacial score (nSPS) is 15.6. The molecule has 1 aromatic heterocycles. The van der Waals surface area contributed by atoms with E-state index in [-0.39, 0.29) is 0 Å². The maximum atomic E-state index is 12.9. The van der Waals surface area contributed by atoms with Gasteiger partial charge in [0.2, 0.25) is 21.7 Å². The van der Waals surface area contributed by atoms with E-state index >= 15 is 0 Å². The molecule has 0 spiro atoms. The molecule has 0 bridgehead atoms. The Morgan fingerprint density at radius 1 is 1.00 bits per heavy atom. The van der Waals surface area contributed by atoms with Crippen LogP contribution in [-0.4, -0.2) is 36.0 Å². The first-order valence-electron chi connectivity index (χ1n) is 10.3. The predicted molar refractivity (Wildman–Crippen MR) is 115 cm³/mol. The van der Waals surface area contributed by atoms with Crippen LogP contribution in [0.4, 0.5) is 5.69 Å². The van der Waals surface area contributed by atoms with Gasteiger partial charge in [0, 0.05) is 24.3 Å². The summed E-state index contributed by atoms with van der Waals surface area (Å²) in [6.07, 6.45) is 4.04. The number of nitrogens with one attached hydrogen (secondary N) is 1. The number of nitrogens with zero attached hydrogens (tertiary/aromatic N) is 3. The van der Waals surface area contributed by atoms with Crippen LogP contribution >= 0.6 is 0 Å². The molecule has 4 rings (SSSR count). The summed E-state index contributed by atoms with van der Waals surface area (Å²) >= 11 is 0. The number of aryl methyl sites for hydroxylation is 1. The molecular weight excluding hydrogens is 400 g/mol. The first-order valence-corrected chi connectivity index (χ1v) is 11.7. The van der Waals surface area contributed by atoms with Gasteiger partial charge in [-0.3, -0.25) is 0 Å². The molecule has 0 amide bonds. The van der Waals surface area contributed by atoms with E-state index in [1.807, 2.05) is 31.2 Å². The predicted octanol–water partition coefficient (Wildman–Crippen LogP) is 4.22. The summed E-state index contributed by atoms with van der Waals surface area (Å²) < 4.78 is 32.7. The molecule has 7 nitrogen and oxygen atoms in total. The van der Waals surface area contributed by atoms with Crippen LogP contribution in [0.25, 0.3) is 11.4 Å². The molecular formula is C22H26N4O3S. The molecule has 0 unspecified atom stereocenters. The van der Waals surface area contributed by atoms with Crippen LogP contribution in [-0.2, 0) is 16.6 Å². The van der Waals surface area contributed by atoms with Gasteiger partial charge in [0.05, 0.1) is 11.4 Å². The average Bonchev–Trinajstić information content (AvgIpc) is 3.04. The van der Waals surface area contributed by atoms with Crippen LogP contribution in [0.15, 0.2) is 57.9 Å². The molecule has 2 aromatic carbocycles. The molecule has 1 fully saturated rings. The van der Waals surface area contributed by atoms with Crippen molar-refractivity contribution in [3.63, 3.8) is 0 Å². The third-order valence-corrected chi connectivity index (χ3v) is 7.27. The molecule has 1 N–H and O–H groups in total. The second kappa shape index (κ2) is 8.97. The van der Waals surface area contributed by atoms with E-state index in [9.17, 15) is 8.42 Å². The lowest BCUT2D eigenvalue weighted by Crippen LogP contribution is -2.31. The summed E-state index contributed by atoms with van der Waals surface area (Å²) in [5.74, 6) is 1.03. The Hall–Kier alpha value is -2.71. The van der Waals surface area contributed by atoms with Crippen LogP contribution in [0.1, 0.15) is 37.1 Å². The molecule has 1 aliphatic rings. The lowest BCUT2D eigenvalue weighted by molar-refractivity contribution is 0.384. The summed E-state index contributed by atoms with van der Waals surface area (Å²) in [6.45, 7) is 3.56. The Bertz CT molecular complexity index is 1090. The van der Waals surface area contributed by atoms with Crippen molar-refractivity contribution in [2.45, 2.75) is 44.0 Å². The van der Waals surface area contributed by atoms with Gasteiger partial charge in [-0.05, 0) is 49.6 Å². The summed E-state index contributed by atoms with van der Waals surface area (Å²) in [4.78, 5) is 4.77. The molecule has 158 valence electrons. The van der Waals surface area contributed by atoms with E-state index in [2.05, 4.69) is 15.5 Å². The maximum absolute atomic E-state index is 12.9. The lowest BCUT2D eigenvalue weighted by Gasteiger charge is -2.20. The first-order chi connectivity index (χ1) is 14.5. The van der Waals surface area contributed by atoms with Crippen LogP contribution < -0.4 is 5.32 Å². The first kappa shape index (κ1) is 20.6. The minimum Gasteiger partial charge on any atom is -0.376 e. The van der Waals surface area contributed by atoms with Gasteiger partial charge >= 0.3 is 0 Å². The minimum absolute atomic E-state index is 0.328. The van der Waals surface area contributed by atoms with Gasteiger partial charge in [-0.15, -0.1) is 0 Å². The van der Waals surface area contributed by atoms with Crippen LogP contribution in [0.5, 0.6) is 0 Å². The van der Waals surface area contributed by atoms with E-state index in [4.69, 9.17) is 4.52 Å². The van der Waals surface area contributed by atoms with Gasteiger partial charge in [0.15, 0.2) is 0 Å². The summed E-state index contributed by atoms with van der Waals surface area (Å²) in [5.41, 5.74) is 2.81. The zero-order chi connectivity index (χ0) is 21.0. The fourth-order valence-electron chi connectivity index (χ4n) is 3.61. The molecule has 0 atom stereocenters. The smallest absolute Gasteiger partial charge is 0.246 e. The quantitative estimate of drug-likeness (QED) is 0.635. The highest BCUT2D eigenvalue weighted by molar-refractivity contribution is 7.89. The van der Waals surface area contributed by atoms with Crippen LogP contribution in [0, 0.1) is 6.92 Å². The standard InChI is InChI=1S/C22H26N4O3S/c1-17-8-4-5-9-20(17)22-24-21(29-25-22)16-23-18-10-12-19(13-11-18)30(27,28)26-14-6-2-3-7-15-26/h4-5,8-13,23H,2-3,6-7,14-16H2,1H3. The van der Waals surface area contributed by atoms with Gasteiger partial charge in [0.1, 0.15) is 0 Å². The molecule has 3 aromatic rings. The van der Waals surface area contributed by atoms with Crippen molar-refractivity contribution in [2.24, 2.45) is 0 Å². The highest BCUT2D eigenvalue weighted by Crippen LogP contribution is 2.23. The largest absolute Gasteiger partial charge is 0.376 e. The number of benzene rings is 2.